The number of nitriles is 1. The lowest BCUT2D eigenvalue weighted by atomic mass is 10.2. The topological polar surface area (TPSA) is 36.3 Å². The molecular weight excluding hydrogens is 152 g/mol. The SMILES string of the molecule is CC1COCCN(CCC#N)C1. The molecule has 1 heterocycles. The standard InChI is InChI=1S/C9H16N2O/c1-9-7-11(4-2-3-10)5-6-12-8-9/h9H,2,4-8H2,1H3. The van der Waals surface area contributed by atoms with Crippen molar-refractivity contribution in [3.8, 4) is 6.07 Å². The van der Waals surface area contributed by atoms with Crippen molar-refractivity contribution in [3.63, 3.8) is 0 Å². The summed E-state index contributed by atoms with van der Waals surface area (Å²) >= 11 is 0. The Morgan fingerprint density at radius 1 is 1.67 bits per heavy atom. The molecule has 1 aliphatic heterocycles. The van der Waals surface area contributed by atoms with Gasteiger partial charge >= 0.3 is 0 Å². The molecule has 0 aromatic carbocycles. The first-order chi connectivity index (χ1) is 5.83. The normalized spacial score (nSPS) is 26.2. The lowest BCUT2D eigenvalue weighted by Gasteiger charge is -2.19. The Morgan fingerprint density at radius 3 is 3.25 bits per heavy atom. The van der Waals surface area contributed by atoms with Crippen LogP contribution in [-0.4, -0.2) is 37.7 Å². The molecule has 0 saturated carbocycles. The van der Waals surface area contributed by atoms with Gasteiger partial charge in [-0.25, -0.2) is 0 Å². The van der Waals surface area contributed by atoms with Crippen LogP contribution in [-0.2, 0) is 4.74 Å². The van der Waals surface area contributed by atoms with E-state index in [0.29, 0.717) is 12.3 Å². The molecule has 12 heavy (non-hydrogen) atoms. The smallest absolute Gasteiger partial charge is 0.0635 e. The van der Waals surface area contributed by atoms with Crippen LogP contribution in [0.25, 0.3) is 0 Å². The predicted octanol–water partition coefficient (Wildman–Crippen LogP) is 0.868. The van der Waals surface area contributed by atoms with E-state index in [4.69, 9.17) is 10.00 Å². The Hall–Kier alpha value is -0.590. The zero-order valence-corrected chi connectivity index (χ0v) is 7.62. The number of rotatable bonds is 2. The first-order valence-corrected chi connectivity index (χ1v) is 4.50. The van der Waals surface area contributed by atoms with Crippen molar-refractivity contribution in [2.24, 2.45) is 5.92 Å². The summed E-state index contributed by atoms with van der Waals surface area (Å²) in [6.07, 6.45) is 0.632. The minimum absolute atomic E-state index is 0.603. The largest absolute Gasteiger partial charge is 0.380 e. The molecule has 0 aliphatic carbocycles. The van der Waals surface area contributed by atoms with Crippen LogP contribution in [0, 0.1) is 17.2 Å². The van der Waals surface area contributed by atoms with E-state index < -0.39 is 0 Å². The molecule has 1 saturated heterocycles. The van der Waals surface area contributed by atoms with E-state index in [2.05, 4.69) is 17.9 Å². The van der Waals surface area contributed by atoms with E-state index in [1.807, 2.05) is 0 Å². The van der Waals surface area contributed by atoms with Crippen LogP contribution >= 0.6 is 0 Å². The zero-order chi connectivity index (χ0) is 8.81. The number of nitrogens with zero attached hydrogens (tertiary/aromatic N) is 2. The van der Waals surface area contributed by atoms with Crippen molar-refractivity contribution < 1.29 is 4.74 Å². The minimum atomic E-state index is 0.603. The summed E-state index contributed by atoms with van der Waals surface area (Å²) in [5, 5.41) is 8.43. The molecule has 1 fully saturated rings. The molecule has 68 valence electrons. The van der Waals surface area contributed by atoms with E-state index in [9.17, 15) is 0 Å². The van der Waals surface area contributed by atoms with Crippen molar-refractivity contribution in [1.29, 1.82) is 5.26 Å². The number of hydrogen-bond acceptors (Lipinski definition) is 3. The van der Waals surface area contributed by atoms with Gasteiger partial charge in [0.05, 0.1) is 19.3 Å². The Morgan fingerprint density at radius 2 is 2.50 bits per heavy atom. The predicted molar refractivity (Wildman–Crippen MR) is 46.7 cm³/mol. The highest BCUT2D eigenvalue weighted by molar-refractivity contribution is 4.74. The Labute approximate surface area is 73.9 Å². The van der Waals surface area contributed by atoms with Crippen molar-refractivity contribution in [1.82, 2.24) is 4.90 Å². The Balaban J connectivity index is 2.27. The molecule has 0 amide bonds. The Kier molecular flexibility index (Phi) is 4.06. The third kappa shape index (κ3) is 3.21. The van der Waals surface area contributed by atoms with Crippen LogP contribution in [0.2, 0.25) is 0 Å². The van der Waals surface area contributed by atoms with E-state index in [-0.39, 0.29) is 0 Å². The third-order valence-electron chi connectivity index (χ3n) is 2.06. The summed E-state index contributed by atoms with van der Waals surface area (Å²) in [6, 6.07) is 2.17. The van der Waals surface area contributed by atoms with Crippen LogP contribution in [0.15, 0.2) is 0 Å². The fourth-order valence-corrected chi connectivity index (χ4v) is 1.47. The van der Waals surface area contributed by atoms with Gasteiger partial charge in [0.2, 0.25) is 0 Å². The average Bonchev–Trinajstić information content (AvgIpc) is 2.26. The van der Waals surface area contributed by atoms with Gasteiger partial charge in [0, 0.05) is 26.1 Å². The summed E-state index contributed by atoms with van der Waals surface area (Å²) in [4.78, 5) is 2.31. The molecule has 0 spiro atoms. The van der Waals surface area contributed by atoms with Gasteiger partial charge in [-0.15, -0.1) is 0 Å². The van der Waals surface area contributed by atoms with Crippen LogP contribution in [0.3, 0.4) is 0 Å². The molecule has 0 radical (unpaired) electrons. The molecule has 0 aromatic rings. The van der Waals surface area contributed by atoms with Gasteiger partial charge in [-0.05, 0) is 5.92 Å². The molecule has 0 N–H and O–H groups in total. The molecule has 1 unspecified atom stereocenters. The summed E-state index contributed by atoms with van der Waals surface area (Å²) in [5.74, 6) is 0.603. The molecule has 3 nitrogen and oxygen atoms in total. The highest BCUT2D eigenvalue weighted by Crippen LogP contribution is 2.05. The van der Waals surface area contributed by atoms with Crippen LogP contribution in [0.1, 0.15) is 13.3 Å². The number of ether oxygens (including phenoxy) is 1. The summed E-state index contributed by atoms with van der Waals surface area (Å²) in [5.41, 5.74) is 0. The van der Waals surface area contributed by atoms with Crippen molar-refractivity contribution in [2.45, 2.75) is 13.3 Å². The molecule has 1 rings (SSSR count). The maximum absolute atomic E-state index is 8.43. The molecule has 1 atom stereocenters. The molecule has 0 aromatic heterocycles. The summed E-state index contributed by atoms with van der Waals surface area (Å²) in [6.45, 7) is 6.81. The van der Waals surface area contributed by atoms with Gasteiger partial charge in [0.1, 0.15) is 0 Å². The summed E-state index contributed by atoms with van der Waals surface area (Å²) in [7, 11) is 0. The molecular formula is C9H16N2O. The average molecular weight is 168 g/mol. The van der Waals surface area contributed by atoms with E-state index >= 15 is 0 Å². The third-order valence-corrected chi connectivity index (χ3v) is 2.06. The van der Waals surface area contributed by atoms with Gasteiger partial charge in [0.25, 0.3) is 0 Å². The second kappa shape index (κ2) is 5.13. The summed E-state index contributed by atoms with van der Waals surface area (Å²) < 4.78 is 5.39. The van der Waals surface area contributed by atoms with Crippen LogP contribution < -0.4 is 0 Å². The Bertz CT molecular complexity index is 164. The van der Waals surface area contributed by atoms with Gasteiger partial charge < -0.3 is 4.74 Å². The quantitative estimate of drug-likeness (QED) is 0.613. The fourth-order valence-electron chi connectivity index (χ4n) is 1.47. The highest BCUT2D eigenvalue weighted by Gasteiger charge is 2.13. The fraction of sp³-hybridized carbons (Fsp3) is 0.889. The van der Waals surface area contributed by atoms with Crippen LogP contribution in [0.4, 0.5) is 0 Å². The van der Waals surface area contributed by atoms with Crippen LogP contribution in [0.5, 0.6) is 0 Å². The highest BCUT2D eigenvalue weighted by atomic mass is 16.5. The van der Waals surface area contributed by atoms with Gasteiger partial charge in [-0.3, -0.25) is 4.90 Å². The van der Waals surface area contributed by atoms with Gasteiger partial charge in [-0.1, -0.05) is 6.92 Å². The second-order valence-electron chi connectivity index (χ2n) is 3.39. The van der Waals surface area contributed by atoms with Gasteiger partial charge in [0.15, 0.2) is 0 Å². The van der Waals surface area contributed by atoms with E-state index in [0.717, 1.165) is 32.8 Å². The monoisotopic (exact) mass is 168 g/mol. The van der Waals surface area contributed by atoms with Gasteiger partial charge in [-0.2, -0.15) is 5.26 Å². The minimum Gasteiger partial charge on any atom is -0.380 e. The lowest BCUT2D eigenvalue weighted by Crippen LogP contribution is -2.29. The zero-order valence-electron chi connectivity index (χ0n) is 7.62. The first kappa shape index (κ1) is 9.50. The maximum atomic E-state index is 8.43. The van der Waals surface area contributed by atoms with Crippen molar-refractivity contribution in [3.05, 3.63) is 0 Å². The molecule has 3 heteroatoms. The second-order valence-corrected chi connectivity index (χ2v) is 3.39. The first-order valence-electron chi connectivity index (χ1n) is 4.50. The molecule has 0 bridgehead atoms. The van der Waals surface area contributed by atoms with E-state index in [1.165, 1.54) is 0 Å². The van der Waals surface area contributed by atoms with E-state index in [1.54, 1.807) is 0 Å². The van der Waals surface area contributed by atoms with Crippen molar-refractivity contribution >= 4 is 0 Å². The molecule has 1 aliphatic rings. The number of hydrogen-bond donors (Lipinski definition) is 0. The van der Waals surface area contributed by atoms with Crippen molar-refractivity contribution in [2.75, 3.05) is 32.8 Å². The lowest BCUT2D eigenvalue weighted by molar-refractivity contribution is 0.126. The maximum Gasteiger partial charge on any atom is 0.0635 e.